The smallest absolute Gasteiger partial charge is 0.354 e. The molecular formula is C24H22F5N4O+. The van der Waals surface area contributed by atoms with Gasteiger partial charge in [0.25, 0.3) is 0 Å². The molecule has 0 spiro atoms. The Morgan fingerprint density at radius 3 is 2.29 bits per heavy atom. The third-order valence-corrected chi connectivity index (χ3v) is 6.38. The SMILES string of the molecule is CC[N+]1(C)C=C(C2=N[C@@H](C)[C@@](c3ccc(F)cc3)(c3ccc(C(F)(F)F)nc3)N2)C=C(F)C1=O. The topological polar surface area (TPSA) is 54.4 Å². The van der Waals surface area contributed by atoms with Gasteiger partial charge in [0.15, 0.2) is 0 Å². The van der Waals surface area contributed by atoms with E-state index in [-0.39, 0.29) is 10.3 Å². The minimum atomic E-state index is -4.61. The number of benzene rings is 1. The second-order valence-electron chi connectivity index (χ2n) is 8.49. The van der Waals surface area contributed by atoms with Crippen molar-refractivity contribution in [1.29, 1.82) is 0 Å². The number of carbonyl (C=O) groups is 1. The molecule has 1 amide bonds. The lowest BCUT2D eigenvalue weighted by Crippen LogP contribution is -2.50. The largest absolute Gasteiger partial charge is 0.433 e. The van der Waals surface area contributed by atoms with Gasteiger partial charge in [-0.2, -0.15) is 17.6 Å². The molecule has 34 heavy (non-hydrogen) atoms. The number of alkyl halides is 3. The molecule has 10 heteroatoms. The number of nitrogens with zero attached hydrogens (tertiary/aromatic N) is 3. The number of nitrogens with one attached hydrogen (secondary N) is 1. The zero-order valence-electron chi connectivity index (χ0n) is 18.6. The van der Waals surface area contributed by atoms with Crippen LogP contribution in [0.15, 0.2) is 71.3 Å². The molecule has 5 nitrogen and oxygen atoms in total. The maximum absolute atomic E-state index is 14.5. The molecule has 1 N–H and O–H groups in total. The molecule has 0 saturated carbocycles. The van der Waals surface area contributed by atoms with Gasteiger partial charge in [-0.15, -0.1) is 0 Å². The summed E-state index contributed by atoms with van der Waals surface area (Å²) < 4.78 is 67.2. The fraction of sp³-hybridized carbons (Fsp3) is 0.292. The summed E-state index contributed by atoms with van der Waals surface area (Å²) in [7, 11) is 1.57. The number of hydrogen-bond acceptors (Lipinski definition) is 4. The highest BCUT2D eigenvalue weighted by Gasteiger charge is 2.47. The van der Waals surface area contributed by atoms with Crippen LogP contribution in [-0.2, 0) is 16.5 Å². The number of aromatic nitrogens is 1. The minimum absolute atomic E-state index is 0.261. The molecule has 0 saturated heterocycles. The molecule has 0 fully saturated rings. The molecule has 2 aliphatic heterocycles. The number of aliphatic imine (C=N–C) groups is 1. The Labute approximate surface area is 192 Å². The Morgan fingerprint density at radius 1 is 1.09 bits per heavy atom. The van der Waals surface area contributed by atoms with Crippen LogP contribution in [0.25, 0.3) is 0 Å². The van der Waals surface area contributed by atoms with Gasteiger partial charge in [-0.05, 0) is 37.6 Å². The molecule has 0 aliphatic carbocycles. The van der Waals surface area contributed by atoms with E-state index in [1.165, 1.54) is 30.3 Å². The van der Waals surface area contributed by atoms with E-state index in [4.69, 9.17) is 0 Å². The molecule has 4 rings (SSSR count). The van der Waals surface area contributed by atoms with Gasteiger partial charge < -0.3 is 5.32 Å². The Morgan fingerprint density at radius 2 is 1.74 bits per heavy atom. The molecule has 2 aromatic rings. The fourth-order valence-corrected chi connectivity index (χ4v) is 4.27. The van der Waals surface area contributed by atoms with Crippen molar-refractivity contribution in [3.63, 3.8) is 0 Å². The number of amidine groups is 1. The first-order valence-electron chi connectivity index (χ1n) is 10.6. The van der Waals surface area contributed by atoms with Crippen LogP contribution in [0, 0.1) is 5.82 Å². The van der Waals surface area contributed by atoms with E-state index < -0.39 is 41.0 Å². The summed E-state index contributed by atoms with van der Waals surface area (Å²) in [6.07, 6.45) is -0.837. The molecule has 178 valence electrons. The molecular weight excluding hydrogens is 455 g/mol. The predicted octanol–water partition coefficient (Wildman–Crippen LogP) is 4.62. The molecule has 0 radical (unpaired) electrons. The number of carbonyl (C=O) groups excluding carboxylic acids is 1. The standard InChI is InChI=1S/C24H22F5N4O/c1-4-33(3)13-15(11-19(26)22(33)34)21-31-14(2)23(32-21,16-5-8-18(25)9-6-16)17-7-10-20(30-12-17)24(27,28)29/h5-14H,4H2,1-3H3,(H,31,32)/q+1/t14-,23+,33?/m0/s1. The van der Waals surface area contributed by atoms with E-state index in [2.05, 4.69) is 15.3 Å². The number of quaternary nitrogens is 1. The van der Waals surface area contributed by atoms with Crippen molar-refractivity contribution in [3.8, 4) is 0 Å². The van der Waals surface area contributed by atoms with E-state index in [0.29, 0.717) is 23.2 Å². The number of likely N-dealkylation sites (N-methyl/N-ethyl adjacent to an activating group) is 1. The van der Waals surface area contributed by atoms with Crippen LogP contribution in [0.1, 0.15) is 30.7 Å². The summed E-state index contributed by atoms with van der Waals surface area (Å²) in [5, 5.41) is 3.24. The lowest BCUT2D eigenvalue weighted by Gasteiger charge is -2.35. The summed E-state index contributed by atoms with van der Waals surface area (Å²) in [5.41, 5.74) is -1.03. The molecule has 0 bridgehead atoms. The van der Waals surface area contributed by atoms with Crippen molar-refractivity contribution in [2.45, 2.75) is 31.6 Å². The third kappa shape index (κ3) is 3.81. The molecule has 1 unspecified atom stereocenters. The Hall–Kier alpha value is -3.40. The van der Waals surface area contributed by atoms with E-state index in [0.717, 1.165) is 18.3 Å². The Kier molecular flexibility index (Phi) is 5.67. The first-order chi connectivity index (χ1) is 15.9. The zero-order valence-corrected chi connectivity index (χ0v) is 18.6. The zero-order chi connectivity index (χ0) is 24.9. The minimum Gasteiger partial charge on any atom is -0.354 e. The second-order valence-corrected chi connectivity index (χ2v) is 8.49. The summed E-state index contributed by atoms with van der Waals surface area (Å²) in [6, 6.07) is 7.07. The maximum atomic E-state index is 14.5. The van der Waals surface area contributed by atoms with Gasteiger partial charge in [0.05, 0.1) is 25.2 Å². The number of amides is 1. The van der Waals surface area contributed by atoms with Crippen LogP contribution >= 0.6 is 0 Å². The van der Waals surface area contributed by atoms with Crippen molar-refractivity contribution < 1.29 is 31.2 Å². The number of halogens is 5. The Balaban J connectivity index is 1.83. The lowest BCUT2D eigenvalue weighted by molar-refractivity contribution is -0.778. The van der Waals surface area contributed by atoms with Gasteiger partial charge in [-0.25, -0.2) is 13.7 Å². The van der Waals surface area contributed by atoms with Crippen molar-refractivity contribution in [2.75, 3.05) is 13.6 Å². The van der Waals surface area contributed by atoms with Crippen LogP contribution in [0.5, 0.6) is 0 Å². The van der Waals surface area contributed by atoms with Crippen molar-refractivity contribution >= 4 is 11.7 Å². The quantitative estimate of drug-likeness (QED) is 0.517. The number of pyridine rings is 1. The van der Waals surface area contributed by atoms with Crippen LogP contribution in [0.4, 0.5) is 22.0 Å². The average molecular weight is 477 g/mol. The van der Waals surface area contributed by atoms with E-state index in [9.17, 15) is 26.7 Å². The first-order valence-corrected chi connectivity index (χ1v) is 10.6. The monoisotopic (exact) mass is 477 g/mol. The highest BCUT2D eigenvalue weighted by molar-refractivity contribution is 6.05. The Bertz CT molecular complexity index is 1220. The maximum Gasteiger partial charge on any atom is 0.433 e. The summed E-state index contributed by atoms with van der Waals surface area (Å²) >= 11 is 0. The molecule has 2 aliphatic rings. The van der Waals surface area contributed by atoms with Crippen LogP contribution < -0.4 is 5.32 Å². The first kappa shape index (κ1) is 23.7. The van der Waals surface area contributed by atoms with Crippen LogP contribution in [0.2, 0.25) is 0 Å². The van der Waals surface area contributed by atoms with Gasteiger partial charge in [0.1, 0.15) is 29.1 Å². The number of hydrogen-bond donors (Lipinski definition) is 1. The highest BCUT2D eigenvalue weighted by atomic mass is 19.4. The van der Waals surface area contributed by atoms with Crippen LogP contribution in [0.3, 0.4) is 0 Å². The van der Waals surface area contributed by atoms with Gasteiger partial charge in [0, 0.05) is 17.8 Å². The van der Waals surface area contributed by atoms with Gasteiger partial charge in [-0.1, -0.05) is 18.2 Å². The fourth-order valence-electron chi connectivity index (χ4n) is 4.27. The molecule has 1 aromatic heterocycles. The van der Waals surface area contributed by atoms with Gasteiger partial charge >= 0.3 is 12.1 Å². The summed E-state index contributed by atoms with van der Waals surface area (Å²) in [5.74, 6) is -1.83. The van der Waals surface area contributed by atoms with Gasteiger partial charge in [0.2, 0.25) is 5.83 Å². The summed E-state index contributed by atoms with van der Waals surface area (Å²) in [6.45, 7) is 3.79. The van der Waals surface area contributed by atoms with E-state index in [1.54, 1.807) is 27.1 Å². The average Bonchev–Trinajstić information content (AvgIpc) is 3.15. The highest BCUT2D eigenvalue weighted by Crippen LogP contribution is 2.40. The predicted molar refractivity (Wildman–Crippen MR) is 115 cm³/mol. The van der Waals surface area contributed by atoms with E-state index in [1.807, 2.05) is 0 Å². The normalized spacial score (nSPS) is 27.1. The molecule has 3 atom stereocenters. The second kappa shape index (κ2) is 8.12. The van der Waals surface area contributed by atoms with E-state index >= 15 is 0 Å². The molecule has 3 heterocycles. The summed E-state index contributed by atoms with van der Waals surface area (Å²) in [4.78, 5) is 20.5. The molecule has 1 aromatic carbocycles. The van der Waals surface area contributed by atoms with Crippen LogP contribution in [-0.4, -0.2) is 40.8 Å². The number of rotatable bonds is 4. The van der Waals surface area contributed by atoms with Crippen molar-refractivity contribution in [2.24, 2.45) is 4.99 Å². The third-order valence-electron chi connectivity index (χ3n) is 6.38. The van der Waals surface area contributed by atoms with Crippen molar-refractivity contribution in [1.82, 2.24) is 10.3 Å². The van der Waals surface area contributed by atoms with Gasteiger partial charge in [-0.3, -0.25) is 9.98 Å². The van der Waals surface area contributed by atoms with Crippen molar-refractivity contribution in [3.05, 3.63) is 88.9 Å². The lowest BCUT2D eigenvalue weighted by atomic mass is 9.79.